The van der Waals surface area contributed by atoms with Gasteiger partial charge in [0.1, 0.15) is 0 Å². The lowest BCUT2D eigenvalue weighted by molar-refractivity contribution is 0.398. The molecule has 8 bridgehead atoms. The molecule has 11 aromatic rings. The molecule has 4 aliphatic carbocycles. The van der Waals surface area contributed by atoms with Crippen LogP contribution in [-0.4, -0.2) is 19.9 Å². The number of halogens is 4. The molecular formula is C136H170Br4N4. The van der Waals surface area contributed by atoms with Crippen LogP contribution in [0.4, 0.5) is 0 Å². The summed E-state index contributed by atoms with van der Waals surface area (Å²) in [6.45, 7) is 18.9. The Morgan fingerprint density at radius 2 is 0.333 bits per heavy atom. The largest absolute Gasteiger partial charge is 0.354 e. The molecular weight excluding hydrogens is 2010 g/mol. The average Bonchev–Trinajstić information content (AvgIpc) is 1.58. The standard InChI is InChI=1S/C136H170Br4N4/c1-9-17-25-33-41-49-81-133(82-50-42-34-26-18-10-2)113-89-97(57-65-105(113)109-69-61-101(137)93-117(109)133)129-121-73-75-123(141-121)130(98-58-66-106-110-70-62-102(138)94-118(110)134(114(106)90-98,83-51-43-35-27-19-11-3)84-52-44-36-28-20-12-4)125-77-79-127(143-125)132(100-60-68-108-112-72-64-104(140)96-120(112)136(116(108)92-100,87-55-47-39-31-23-15-7)88-56-48-40-32-24-16-8)128-80-78-126(144-128)131(124-76-74-122(129)142-124)99-59-67-107-111-71-63-103(139)95-119(111)135(115(107)91-99,85-53-45-37-29-21-13-5)86-54-46-38-30-22-14-6/h57-80,89-96,141,144H,9-56,81-88H2,1-8H3. The summed E-state index contributed by atoms with van der Waals surface area (Å²) in [5.41, 5.74) is 39.9. The van der Waals surface area contributed by atoms with Crippen molar-refractivity contribution in [3.63, 3.8) is 0 Å². The summed E-state index contributed by atoms with van der Waals surface area (Å²) in [5.74, 6) is 0. The molecule has 6 aliphatic rings. The Bertz CT molecular complexity index is 5580. The Balaban J connectivity index is 0.955. The number of aromatic amines is 2. The highest BCUT2D eigenvalue weighted by Gasteiger charge is 2.48. The van der Waals surface area contributed by atoms with Crippen LogP contribution in [0.2, 0.25) is 0 Å². The molecule has 762 valence electrons. The van der Waals surface area contributed by atoms with Gasteiger partial charge in [0.25, 0.3) is 0 Å². The smallest absolute Gasteiger partial charge is 0.0737 e. The fourth-order valence-electron chi connectivity index (χ4n) is 27.2. The molecule has 8 heteroatoms. The highest BCUT2D eigenvalue weighted by Crippen LogP contribution is 2.62. The minimum atomic E-state index is -0.174. The predicted molar refractivity (Wildman–Crippen MR) is 640 cm³/mol. The molecule has 17 rings (SSSR count). The fourth-order valence-corrected chi connectivity index (χ4v) is 28.7. The van der Waals surface area contributed by atoms with Crippen LogP contribution in [0, 0.1) is 0 Å². The molecule has 0 saturated carbocycles. The number of rotatable bonds is 60. The van der Waals surface area contributed by atoms with E-state index in [4.69, 9.17) is 9.97 Å². The molecule has 0 atom stereocenters. The van der Waals surface area contributed by atoms with Crippen LogP contribution < -0.4 is 0 Å². The lowest BCUT2D eigenvalue weighted by atomic mass is 9.70. The number of fused-ring (bicyclic) bond motifs is 20. The summed E-state index contributed by atoms with van der Waals surface area (Å²) in [4.78, 5) is 21.7. The molecule has 0 fully saturated rings. The minimum Gasteiger partial charge on any atom is -0.354 e. The predicted octanol–water partition coefficient (Wildman–Crippen LogP) is 45.4. The van der Waals surface area contributed by atoms with Gasteiger partial charge in [0.2, 0.25) is 0 Å². The summed E-state index contributed by atoms with van der Waals surface area (Å²) < 4.78 is 4.68. The minimum absolute atomic E-state index is 0.174. The molecule has 0 saturated heterocycles. The molecule has 5 heterocycles. The van der Waals surface area contributed by atoms with Crippen LogP contribution in [-0.2, 0) is 21.7 Å². The molecule has 2 aliphatic heterocycles. The maximum Gasteiger partial charge on any atom is 0.0737 e. The summed E-state index contributed by atoms with van der Waals surface area (Å²) >= 11 is 16.6. The first-order chi connectivity index (χ1) is 70.7. The normalized spacial score (nSPS) is 14.3. The first-order valence-corrected chi connectivity index (χ1v) is 61.9. The number of H-pyrrole nitrogens is 2. The molecule has 0 unspecified atom stereocenters. The van der Waals surface area contributed by atoms with Gasteiger partial charge in [-0.25, -0.2) is 9.97 Å². The summed E-state index contributed by atoms with van der Waals surface area (Å²) in [7, 11) is 0. The van der Waals surface area contributed by atoms with Crippen molar-refractivity contribution in [2.24, 2.45) is 0 Å². The van der Waals surface area contributed by atoms with Crippen LogP contribution in [0.3, 0.4) is 0 Å². The Hall–Kier alpha value is -7.72. The van der Waals surface area contributed by atoms with Crippen LogP contribution in [0.5, 0.6) is 0 Å². The third-order valence-electron chi connectivity index (χ3n) is 34.9. The third kappa shape index (κ3) is 23.8. The summed E-state index contributed by atoms with van der Waals surface area (Å²) in [5, 5.41) is 0. The van der Waals surface area contributed by atoms with Gasteiger partial charge >= 0.3 is 0 Å². The quantitative estimate of drug-likeness (QED) is 0.0373. The van der Waals surface area contributed by atoms with Gasteiger partial charge in [-0.3, -0.25) is 0 Å². The Kier molecular flexibility index (Phi) is 38.9. The molecule has 3 aromatic heterocycles. The van der Waals surface area contributed by atoms with Crippen LogP contribution in [0.15, 0.2) is 188 Å². The third-order valence-corrected chi connectivity index (χ3v) is 36.8. The van der Waals surface area contributed by atoms with Crippen molar-refractivity contribution in [2.45, 2.75) is 437 Å². The number of hydrogen-bond acceptors (Lipinski definition) is 2. The second-order valence-corrected chi connectivity index (χ2v) is 48.4. The van der Waals surface area contributed by atoms with E-state index in [0.29, 0.717) is 0 Å². The van der Waals surface area contributed by atoms with Crippen molar-refractivity contribution in [1.82, 2.24) is 19.9 Å². The van der Waals surface area contributed by atoms with Gasteiger partial charge in [-0.1, -0.05) is 500 Å². The monoisotopic (exact) mass is 2180 g/mol. The van der Waals surface area contributed by atoms with Crippen molar-refractivity contribution in [3.05, 3.63) is 255 Å². The maximum absolute atomic E-state index is 6.37. The molecule has 0 amide bonds. The van der Waals surface area contributed by atoms with E-state index in [9.17, 15) is 0 Å². The molecule has 2 N–H and O–H groups in total. The van der Waals surface area contributed by atoms with Gasteiger partial charge in [0, 0.05) is 83.9 Å². The zero-order valence-electron chi connectivity index (χ0n) is 89.5. The molecule has 0 radical (unpaired) electrons. The zero-order chi connectivity index (χ0) is 99.8. The lowest BCUT2D eigenvalue weighted by Crippen LogP contribution is -2.25. The van der Waals surface area contributed by atoms with E-state index in [2.05, 4.69) is 323 Å². The van der Waals surface area contributed by atoms with E-state index in [0.717, 1.165) is 118 Å². The summed E-state index contributed by atoms with van der Waals surface area (Å²) in [6, 6.07) is 69.9. The van der Waals surface area contributed by atoms with Gasteiger partial charge in [-0.05, 0) is 284 Å². The van der Waals surface area contributed by atoms with Gasteiger partial charge in [-0.15, -0.1) is 0 Å². The average molecular weight is 2180 g/mol. The highest BCUT2D eigenvalue weighted by molar-refractivity contribution is 9.11. The van der Waals surface area contributed by atoms with E-state index < -0.39 is 0 Å². The van der Waals surface area contributed by atoms with Crippen LogP contribution in [0.25, 0.3) is 135 Å². The van der Waals surface area contributed by atoms with Crippen molar-refractivity contribution in [2.75, 3.05) is 0 Å². The first-order valence-electron chi connectivity index (χ1n) is 58.7. The van der Waals surface area contributed by atoms with E-state index >= 15 is 0 Å². The van der Waals surface area contributed by atoms with Gasteiger partial charge in [0.15, 0.2) is 0 Å². The van der Waals surface area contributed by atoms with Gasteiger partial charge in [0.05, 0.1) is 22.8 Å². The Morgan fingerprint density at radius 3 is 0.507 bits per heavy atom. The first kappa shape index (κ1) is 108. The second-order valence-electron chi connectivity index (χ2n) is 44.8. The van der Waals surface area contributed by atoms with E-state index in [1.165, 1.54) is 437 Å². The number of nitrogens with one attached hydrogen (secondary N) is 2. The van der Waals surface area contributed by atoms with Crippen molar-refractivity contribution >= 4 is 110 Å². The fraction of sp³-hybridized carbons (Fsp3) is 0.500. The second kappa shape index (κ2) is 52.1. The Labute approximate surface area is 903 Å². The number of hydrogen-bond donors (Lipinski definition) is 2. The van der Waals surface area contributed by atoms with E-state index in [1.807, 2.05) is 0 Å². The SMILES string of the molecule is CCCCCCCCC1(CCCCCCCC)c2cc(Br)ccc2-c2ccc(-c3c4nc(c(-c5ccc6c(c5)C(CCCCCCCC)(CCCCCCCC)c5cc(Br)ccc5-6)c5ccc([nH]5)c(-c5ccc6c(c5)C(CCCCCCCC)(CCCCCCCC)c5cc(Br)ccc5-6)c5nc(c(-c6ccc7c(c6)C(CCCCCCCC)(CCCCCCCC)c6cc(Br)ccc6-7)c6ccc3[nH]6)C=C5)C=C4)cc21. The molecule has 4 nitrogen and oxygen atoms in total. The molecule has 0 spiro atoms. The van der Waals surface area contributed by atoms with Crippen molar-refractivity contribution in [1.29, 1.82) is 0 Å². The van der Waals surface area contributed by atoms with Crippen molar-refractivity contribution < 1.29 is 0 Å². The van der Waals surface area contributed by atoms with Gasteiger partial charge in [-0.2, -0.15) is 0 Å². The van der Waals surface area contributed by atoms with E-state index in [-0.39, 0.29) is 21.7 Å². The maximum atomic E-state index is 6.37. The number of aromatic nitrogens is 4. The lowest BCUT2D eigenvalue weighted by Gasteiger charge is -2.33. The Morgan fingerprint density at radius 1 is 0.181 bits per heavy atom. The number of nitrogens with zero attached hydrogens (tertiary/aromatic N) is 2. The van der Waals surface area contributed by atoms with Crippen LogP contribution in [0.1, 0.15) is 482 Å². The molecule has 144 heavy (non-hydrogen) atoms. The van der Waals surface area contributed by atoms with Crippen molar-refractivity contribution in [3.8, 4) is 89.0 Å². The van der Waals surface area contributed by atoms with Crippen LogP contribution >= 0.6 is 63.7 Å². The zero-order valence-corrected chi connectivity index (χ0v) is 95.8. The topological polar surface area (TPSA) is 57.4 Å². The summed E-state index contributed by atoms with van der Waals surface area (Å²) in [6.07, 6.45) is 79.5. The van der Waals surface area contributed by atoms with E-state index in [1.54, 1.807) is 0 Å². The van der Waals surface area contributed by atoms with Gasteiger partial charge < -0.3 is 9.97 Å². The number of benzene rings is 8. The highest BCUT2D eigenvalue weighted by atomic mass is 79.9. The molecule has 8 aromatic carbocycles. The number of unbranched alkanes of at least 4 members (excludes halogenated alkanes) is 40.